The van der Waals surface area contributed by atoms with Crippen LogP contribution in [-0.4, -0.2) is 31.3 Å². The van der Waals surface area contributed by atoms with E-state index >= 15 is 0 Å². The maximum absolute atomic E-state index is 9.10. The van der Waals surface area contributed by atoms with Crippen LogP contribution in [0.1, 0.15) is 22.3 Å². The Balaban J connectivity index is 2.08. The first-order chi connectivity index (χ1) is 11.1. The van der Waals surface area contributed by atoms with Crippen LogP contribution in [0.5, 0.6) is 11.5 Å². The van der Waals surface area contributed by atoms with Crippen LogP contribution in [0.15, 0.2) is 36.4 Å². The largest absolute Gasteiger partial charge is 0.493 e. The first-order valence-corrected chi connectivity index (χ1v) is 7.66. The number of benzene rings is 2. The van der Waals surface area contributed by atoms with Crippen molar-refractivity contribution in [2.75, 3.05) is 21.3 Å². The smallest absolute Gasteiger partial charge is 0.161 e. The molecule has 0 fully saturated rings. The molecule has 23 heavy (non-hydrogen) atoms. The molecule has 0 aromatic heterocycles. The average Bonchev–Trinajstić information content (AvgIpc) is 2.56. The summed E-state index contributed by atoms with van der Waals surface area (Å²) in [6.07, 6.45) is 0. The molecule has 0 heterocycles. The molecule has 0 atom stereocenters. The van der Waals surface area contributed by atoms with E-state index < -0.39 is 0 Å². The van der Waals surface area contributed by atoms with Crippen LogP contribution in [0, 0.1) is 6.92 Å². The zero-order valence-corrected chi connectivity index (χ0v) is 14.3. The number of nitrogens with zero attached hydrogens (tertiary/aromatic N) is 1. The summed E-state index contributed by atoms with van der Waals surface area (Å²) in [6.45, 7) is 3.84. The highest BCUT2D eigenvalue weighted by molar-refractivity contribution is 5.47. The Labute approximate surface area is 138 Å². The summed E-state index contributed by atoms with van der Waals surface area (Å²) in [6, 6.07) is 12.1. The second-order valence-electron chi connectivity index (χ2n) is 5.78. The molecule has 2 rings (SSSR count). The van der Waals surface area contributed by atoms with Crippen molar-refractivity contribution in [1.29, 1.82) is 0 Å². The second-order valence-corrected chi connectivity index (χ2v) is 5.78. The van der Waals surface area contributed by atoms with E-state index in [4.69, 9.17) is 14.6 Å². The predicted octanol–water partition coefficient (Wildman–Crippen LogP) is 3.14. The van der Waals surface area contributed by atoms with Gasteiger partial charge in [0.15, 0.2) is 11.5 Å². The van der Waals surface area contributed by atoms with Gasteiger partial charge in [0.1, 0.15) is 0 Å². The molecule has 0 radical (unpaired) electrons. The molecule has 124 valence electrons. The van der Waals surface area contributed by atoms with Crippen LogP contribution in [-0.2, 0) is 19.7 Å². The van der Waals surface area contributed by atoms with E-state index in [2.05, 4.69) is 31.0 Å². The third-order valence-electron chi connectivity index (χ3n) is 3.94. The van der Waals surface area contributed by atoms with Gasteiger partial charge in [0.05, 0.1) is 20.8 Å². The minimum atomic E-state index is 0.0843. The van der Waals surface area contributed by atoms with Gasteiger partial charge in [0, 0.05) is 13.1 Å². The van der Waals surface area contributed by atoms with Gasteiger partial charge in [0.2, 0.25) is 0 Å². The number of methoxy groups -OCH3 is 2. The van der Waals surface area contributed by atoms with Crippen molar-refractivity contribution >= 4 is 0 Å². The van der Waals surface area contributed by atoms with Gasteiger partial charge in [-0.3, -0.25) is 4.90 Å². The van der Waals surface area contributed by atoms with E-state index in [0.29, 0.717) is 0 Å². The van der Waals surface area contributed by atoms with Crippen LogP contribution in [0.25, 0.3) is 0 Å². The van der Waals surface area contributed by atoms with E-state index in [9.17, 15) is 0 Å². The quantitative estimate of drug-likeness (QED) is 0.852. The van der Waals surface area contributed by atoms with Crippen molar-refractivity contribution in [3.8, 4) is 11.5 Å². The summed E-state index contributed by atoms with van der Waals surface area (Å²) < 4.78 is 10.7. The minimum Gasteiger partial charge on any atom is -0.493 e. The molecule has 4 nitrogen and oxygen atoms in total. The first-order valence-electron chi connectivity index (χ1n) is 7.66. The molecule has 0 bridgehead atoms. The lowest BCUT2D eigenvalue weighted by molar-refractivity contribution is 0.281. The van der Waals surface area contributed by atoms with Crippen molar-refractivity contribution in [3.05, 3.63) is 58.7 Å². The zero-order valence-electron chi connectivity index (χ0n) is 14.3. The zero-order chi connectivity index (χ0) is 16.8. The van der Waals surface area contributed by atoms with Gasteiger partial charge in [-0.2, -0.15) is 0 Å². The summed E-state index contributed by atoms with van der Waals surface area (Å²) >= 11 is 0. The number of aryl methyl sites for hydroxylation is 1. The van der Waals surface area contributed by atoms with Gasteiger partial charge in [0.25, 0.3) is 0 Å². The second kappa shape index (κ2) is 7.99. The van der Waals surface area contributed by atoms with E-state index in [-0.39, 0.29) is 6.61 Å². The van der Waals surface area contributed by atoms with Crippen LogP contribution in [0.4, 0.5) is 0 Å². The number of aliphatic hydroxyl groups excluding tert-OH is 1. The Kier molecular flexibility index (Phi) is 6.02. The number of aliphatic hydroxyl groups is 1. The fourth-order valence-corrected chi connectivity index (χ4v) is 2.60. The van der Waals surface area contributed by atoms with Crippen LogP contribution < -0.4 is 9.47 Å². The highest BCUT2D eigenvalue weighted by Gasteiger charge is 2.10. The number of rotatable bonds is 7. The Morgan fingerprint density at radius 1 is 0.913 bits per heavy atom. The molecule has 0 spiro atoms. The monoisotopic (exact) mass is 315 g/mol. The van der Waals surface area contributed by atoms with E-state index in [1.165, 1.54) is 16.7 Å². The maximum atomic E-state index is 9.10. The Morgan fingerprint density at radius 3 is 2.04 bits per heavy atom. The fraction of sp³-hybridized carbons (Fsp3) is 0.368. The molecule has 4 heteroatoms. The fourth-order valence-electron chi connectivity index (χ4n) is 2.60. The van der Waals surface area contributed by atoms with Crippen LogP contribution in [0.3, 0.4) is 0 Å². The molecule has 1 N–H and O–H groups in total. The van der Waals surface area contributed by atoms with Crippen molar-refractivity contribution in [3.63, 3.8) is 0 Å². The molecule has 0 saturated carbocycles. The van der Waals surface area contributed by atoms with Gasteiger partial charge in [-0.15, -0.1) is 0 Å². The summed E-state index contributed by atoms with van der Waals surface area (Å²) in [5.74, 6) is 1.52. The third kappa shape index (κ3) is 4.47. The van der Waals surface area contributed by atoms with Gasteiger partial charge >= 0.3 is 0 Å². The average molecular weight is 315 g/mol. The topological polar surface area (TPSA) is 41.9 Å². The summed E-state index contributed by atoms with van der Waals surface area (Å²) in [5.41, 5.74) is 4.57. The van der Waals surface area contributed by atoms with Crippen molar-refractivity contribution < 1.29 is 14.6 Å². The van der Waals surface area contributed by atoms with E-state index in [0.717, 1.165) is 30.2 Å². The van der Waals surface area contributed by atoms with Gasteiger partial charge in [-0.1, -0.05) is 24.3 Å². The lowest BCUT2D eigenvalue weighted by Gasteiger charge is -2.20. The molecule has 0 amide bonds. The number of hydrogen-bond acceptors (Lipinski definition) is 4. The molecule has 0 aliphatic heterocycles. The van der Waals surface area contributed by atoms with E-state index in [1.807, 2.05) is 24.3 Å². The molecule has 0 aliphatic rings. The molecule has 0 unspecified atom stereocenters. The van der Waals surface area contributed by atoms with E-state index in [1.54, 1.807) is 14.2 Å². The Bertz CT molecular complexity index is 638. The molecule has 2 aromatic carbocycles. The molecular weight excluding hydrogens is 290 g/mol. The lowest BCUT2D eigenvalue weighted by Crippen LogP contribution is -2.18. The van der Waals surface area contributed by atoms with Gasteiger partial charge < -0.3 is 14.6 Å². The molecule has 0 aliphatic carbocycles. The van der Waals surface area contributed by atoms with Crippen LogP contribution in [0.2, 0.25) is 0 Å². The van der Waals surface area contributed by atoms with Crippen molar-refractivity contribution in [2.24, 2.45) is 0 Å². The normalized spacial score (nSPS) is 10.9. The molecule has 0 saturated heterocycles. The van der Waals surface area contributed by atoms with Gasteiger partial charge in [-0.05, 0) is 48.4 Å². The summed E-state index contributed by atoms with van der Waals surface area (Å²) in [5, 5.41) is 9.10. The Hall–Kier alpha value is -2.04. The summed E-state index contributed by atoms with van der Waals surface area (Å²) in [4.78, 5) is 2.25. The lowest BCUT2D eigenvalue weighted by atomic mass is 10.1. The summed E-state index contributed by atoms with van der Waals surface area (Å²) in [7, 11) is 5.40. The minimum absolute atomic E-state index is 0.0843. The van der Waals surface area contributed by atoms with Crippen molar-refractivity contribution in [2.45, 2.75) is 26.6 Å². The molecule has 2 aromatic rings. The highest BCUT2D eigenvalue weighted by Crippen LogP contribution is 2.30. The standard InChI is InChI=1S/C19H25NO3/c1-14-9-18(22-3)19(23-4)10-17(14)12-20(2)11-15-5-7-16(13-21)8-6-15/h5-10,21H,11-13H2,1-4H3. The maximum Gasteiger partial charge on any atom is 0.161 e. The predicted molar refractivity (Wildman–Crippen MR) is 91.8 cm³/mol. The third-order valence-corrected chi connectivity index (χ3v) is 3.94. The SMILES string of the molecule is COc1cc(C)c(CN(C)Cc2ccc(CO)cc2)cc1OC. The number of ether oxygens (including phenoxy) is 2. The van der Waals surface area contributed by atoms with Crippen molar-refractivity contribution in [1.82, 2.24) is 4.90 Å². The van der Waals surface area contributed by atoms with Crippen LogP contribution >= 0.6 is 0 Å². The number of hydrogen-bond donors (Lipinski definition) is 1. The molecular formula is C19H25NO3. The first kappa shape index (κ1) is 17.3. The Morgan fingerprint density at radius 2 is 1.48 bits per heavy atom. The highest BCUT2D eigenvalue weighted by atomic mass is 16.5. The van der Waals surface area contributed by atoms with Gasteiger partial charge in [-0.25, -0.2) is 0 Å².